The van der Waals surface area contributed by atoms with Crippen LogP contribution in [-0.4, -0.2) is 16.0 Å². The Hall–Kier alpha value is -3.14. The number of amides is 1. The molecule has 0 fully saturated rings. The fraction of sp³-hybridized carbons (Fsp3) is 0.100. The minimum atomic E-state index is -0.166. The van der Waals surface area contributed by atoms with E-state index in [1.807, 2.05) is 43.3 Å². The first-order valence-corrected chi connectivity index (χ1v) is 7.72. The number of anilines is 1. The van der Waals surface area contributed by atoms with Gasteiger partial charge in [0, 0.05) is 11.8 Å². The van der Waals surface area contributed by atoms with Gasteiger partial charge in [-0.05, 0) is 42.8 Å². The molecular weight excluding hydrogens is 300 g/mol. The van der Waals surface area contributed by atoms with Crippen LogP contribution in [0.15, 0.2) is 72.9 Å². The summed E-state index contributed by atoms with van der Waals surface area (Å²) in [7, 11) is 0. The van der Waals surface area contributed by atoms with Crippen LogP contribution in [0.3, 0.4) is 0 Å². The van der Waals surface area contributed by atoms with Crippen LogP contribution in [0.25, 0.3) is 0 Å². The van der Waals surface area contributed by atoms with Crippen LogP contribution in [0.2, 0.25) is 0 Å². The lowest BCUT2D eigenvalue weighted by molar-refractivity contribution is 0.0983. The number of aromatic nitrogens is 1. The van der Waals surface area contributed by atoms with Crippen molar-refractivity contribution < 1.29 is 9.90 Å². The zero-order valence-corrected chi connectivity index (χ0v) is 13.4. The molecule has 0 spiro atoms. The molecule has 1 N–H and O–H groups in total. The minimum Gasteiger partial charge on any atom is -0.506 e. The Bertz CT molecular complexity index is 847. The van der Waals surface area contributed by atoms with Crippen LogP contribution in [0.1, 0.15) is 21.6 Å². The van der Waals surface area contributed by atoms with Crippen molar-refractivity contribution in [3.63, 3.8) is 0 Å². The Morgan fingerprint density at radius 3 is 2.42 bits per heavy atom. The third-order valence-corrected chi connectivity index (χ3v) is 3.84. The predicted molar refractivity (Wildman–Crippen MR) is 94.0 cm³/mol. The number of aryl methyl sites for hydroxylation is 1. The van der Waals surface area contributed by atoms with Crippen molar-refractivity contribution in [3.05, 3.63) is 89.7 Å². The van der Waals surface area contributed by atoms with Crippen LogP contribution in [0, 0.1) is 6.92 Å². The highest BCUT2D eigenvalue weighted by molar-refractivity contribution is 6.07. The fourth-order valence-electron chi connectivity index (χ4n) is 2.57. The number of nitrogens with zero attached hydrogens (tertiary/aromatic N) is 2. The SMILES string of the molecule is Cc1ccccc1C(=O)N(Cc1ccccn1)c1ccccc1O. The number of hydrogen-bond acceptors (Lipinski definition) is 3. The van der Waals surface area contributed by atoms with Crippen LogP contribution in [-0.2, 0) is 6.54 Å². The number of phenolic OH excluding ortho intramolecular Hbond substituents is 1. The Balaban J connectivity index is 2.04. The quantitative estimate of drug-likeness (QED) is 0.792. The molecule has 2 aromatic carbocycles. The number of carbonyl (C=O) groups is 1. The number of pyridine rings is 1. The molecule has 1 heterocycles. The maximum atomic E-state index is 13.1. The van der Waals surface area contributed by atoms with Crippen LogP contribution >= 0.6 is 0 Å². The smallest absolute Gasteiger partial charge is 0.259 e. The normalized spacial score (nSPS) is 10.4. The lowest BCUT2D eigenvalue weighted by atomic mass is 10.1. The van der Waals surface area contributed by atoms with Gasteiger partial charge in [-0.2, -0.15) is 0 Å². The van der Waals surface area contributed by atoms with Crippen LogP contribution in [0.5, 0.6) is 5.75 Å². The second kappa shape index (κ2) is 6.96. The van der Waals surface area contributed by atoms with Gasteiger partial charge in [0.1, 0.15) is 5.75 Å². The highest BCUT2D eigenvalue weighted by Crippen LogP contribution is 2.29. The molecular formula is C20H18N2O2. The number of aromatic hydroxyl groups is 1. The molecule has 1 aromatic heterocycles. The maximum absolute atomic E-state index is 13.1. The summed E-state index contributed by atoms with van der Waals surface area (Å²) >= 11 is 0. The standard InChI is InChI=1S/C20H18N2O2/c1-15-8-2-3-10-17(15)20(24)22(14-16-9-6-7-13-21-16)18-11-4-5-12-19(18)23/h2-13,23H,14H2,1H3. The van der Waals surface area contributed by atoms with Gasteiger partial charge in [0.15, 0.2) is 0 Å². The summed E-state index contributed by atoms with van der Waals surface area (Å²) < 4.78 is 0. The number of phenols is 1. The Morgan fingerprint density at radius 1 is 1.00 bits per heavy atom. The summed E-state index contributed by atoms with van der Waals surface area (Å²) in [4.78, 5) is 19.0. The highest BCUT2D eigenvalue weighted by Gasteiger charge is 2.22. The molecule has 0 aliphatic rings. The average Bonchev–Trinajstić information content (AvgIpc) is 2.61. The van der Waals surface area contributed by atoms with Crippen molar-refractivity contribution >= 4 is 11.6 Å². The molecule has 120 valence electrons. The van der Waals surface area contributed by atoms with Crippen molar-refractivity contribution in [1.29, 1.82) is 0 Å². The van der Waals surface area contributed by atoms with Crippen molar-refractivity contribution in [2.24, 2.45) is 0 Å². The molecule has 24 heavy (non-hydrogen) atoms. The average molecular weight is 318 g/mol. The summed E-state index contributed by atoms with van der Waals surface area (Å²) in [5.74, 6) is -0.101. The Labute approximate surface area is 141 Å². The molecule has 3 rings (SSSR count). The van der Waals surface area contributed by atoms with E-state index in [0.717, 1.165) is 11.3 Å². The third kappa shape index (κ3) is 3.27. The first kappa shape index (κ1) is 15.7. The van der Waals surface area contributed by atoms with Gasteiger partial charge in [-0.15, -0.1) is 0 Å². The van der Waals surface area contributed by atoms with Crippen LogP contribution in [0.4, 0.5) is 5.69 Å². The summed E-state index contributed by atoms with van der Waals surface area (Å²) in [6, 6.07) is 19.8. The molecule has 1 amide bonds. The van der Waals surface area contributed by atoms with Gasteiger partial charge in [-0.1, -0.05) is 36.4 Å². The topological polar surface area (TPSA) is 53.4 Å². The molecule has 4 heteroatoms. The summed E-state index contributed by atoms with van der Waals surface area (Å²) in [5, 5.41) is 10.2. The lowest BCUT2D eigenvalue weighted by Crippen LogP contribution is -2.31. The van der Waals surface area contributed by atoms with Crippen molar-refractivity contribution in [1.82, 2.24) is 4.98 Å². The molecule has 0 bridgehead atoms. The number of hydrogen-bond donors (Lipinski definition) is 1. The summed E-state index contributed by atoms with van der Waals surface area (Å²) in [6.07, 6.45) is 1.69. The van der Waals surface area contributed by atoms with E-state index in [-0.39, 0.29) is 18.2 Å². The van der Waals surface area contributed by atoms with Crippen LogP contribution < -0.4 is 4.90 Å². The van der Waals surface area contributed by atoms with E-state index in [2.05, 4.69) is 4.98 Å². The zero-order chi connectivity index (χ0) is 16.9. The summed E-state index contributed by atoms with van der Waals surface area (Å²) in [5.41, 5.74) is 2.72. The monoisotopic (exact) mass is 318 g/mol. The van der Waals surface area contributed by atoms with E-state index in [1.54, 1.807) is 41.4 Å². The zero-order valence-electron chi connectivity index (χ0n) is 13.4. The molecule has 0 saturated heterocycles. The number of rotatable bonds is 4. The molecule has 0 saturated carbocycles. The molecule has 0 unspecified atom stereocenters. The second-order valence-electron chi connectivity index (χ2n) is 5.52. The van der Waals surface area contributed by atoms with Gasteiger partial charge in [0.2, 0.25) is 0 Å². The van der Waals surface area contributed by atoms with Gasteiger partial charge in [-0.3, -0.25) is 14.7 Å². The van der Waals surface area contributed by atoms with Gasteiger partial charge in [0.25, 0.3) is 5.91 Å². The number of para-hydroxylation sites is 2. The third-order valence-electron chi connectivity index (χ3n) is 3.84. The Morgan fingerprint density at radius 2 is 1.71 bits per heavy atom. The van der Waals surface area contributed by atoms with E-state index in [4.69, 9.17) is 0 Å². The van der Waals surface area contributed by atoms with Crippen molar-refractivity contribution in [2.45, 2.75) is 13.5 Å². The second-order valence-corrected chi connectivity index (χ2v) is 5.52. The fourth-order valence-corrected chi connectivity index (χ4v) is 2.57. The molecule has 0 aliphatic heterocycles. The lowest BCUT2D eigenvalue weighted by Gasteiger charge is -2.24. The number of carbonyl (C=O) groups excluding carboxylic acids is 1. The molecule has 0 radical (unpaired) electrons. The van der Waals surface area contributed by atoms with E-state index in [9.17, 15) is 9.90 Å². The minimum absolute atomic E-state index is 0.0652. The maximum Gasteiger partial charge on any atom is 0.259 e. The highest BCUT2D eigenvalue weighted by atomic mass is 16.3. The van der Waals surface area contributed by atoms with Gasteiger partial charge in [-0.25, -0.2) is 0 Å². The van der Waals surface area contributed by atoms with Gasteiger partial charge >= 0.3 is 0 Å². The van der Waals surface area contributed by atoms with E-state index >= 15 is 0 Å². The van der Waals surface area contributed by atoms with Gasteiger partial charge < -0.3 is 5.11 Å². The first-order chi connectivity index (χ1) is 11.7. The Kier molecular flexibility index (Phi) is 4.57. The summed E-state index contributed by atoms with van der Waals surface area (Å²) in [6.45, 7) is 2.18. The van der Waals surface area contributed by atoms with E-state index in [0.29, 0.717) is 11.3 Å². The van der Waals surface area contributed by atoms with Crippen molar-refractivity contribution in [3.8, 4) is 5.75 Å². The van der Waals surface area contributed by atoms with E-state index in [1.165, 1.54) is 0 Å². The molecule has 0 atom stereocenters. The molecule has 4 nitrogen and oxygen atoms in total. The van der Waals surface area contributed by atoms with Crippen molar-refractivity contribution in [2.75, 3.05) is 4.90 Å². The first-order valence-electron chi connectivity index (χ1n) is 7.72. The molecule has 3 aromatic rings. The molecule has 0 aliphatic carbocycles. The largest absolute Gasteiger partial charge is 0.506 e. The van der Waals surface area contributed by atoms with E-state index < -0.39 is 0 Å². The van der Waals surface area contributed by atoms with Gasteiger partial charge in [0.05, 0.1) is 17.9 Å². The number of benzene rings is 2. The predicted octanol–water partition coefficient (Wildman–Crippen LogP) is 3.94.